The molecule has 0 aromatic heterocycles. The molecule has 0 spiro atoms. The van der Waals surface area contributed by atoms with Gasteiger partial charge in [-0.05, 0) is 0 Å². The van der Waals surface area contributed by atoms with E-state index in [2.05, 4.69) is 14.1 Å². The fourth-order valence-electron chi connectivity index (χ4n) is 1.44. The standard InChI is InChI=1S/C7H15NO2S/c1-8(2)5-3-7(4-6-8)11(9)10/h7H,3-6H2,1-2H3. The Morgan fingerprint density at radius 3 is 2.18 bits per heavy atom. The van der Waals surface area contributed by atoms with Crippen LogP contribution in [0.15, 0.2) is 0 Å². The second kappa shape index (κ2) is 3.21. The molecule has 4 heteroatoms. The predicted molar refractivity (Wildman–Crippen MR) is 43.8 cm³/mol. The van der Waals surface area contributed by atoms with E-state index >= 15 is 0 Å². The molecule has 0 N–H and O–H groups in total. The number of nitrogens with zero attached hydrogens (tertiary/aromatic N) is 1. The van der Waals surface area contributed by atoms with Gasteiger partial charge in [-0.3, -0.25) is 4.21 Å². The number of quaternary nitrogens is 1. The number of rotatable bonds is 1. The summed E-state index contributed by atoms with van der Waals surface area (Å²) in [4.78, 5) is 0. The van der Waals surface area contributed by atoms with Gasteiger partial charge >= 0.3 is 0 Å². The lowest BCUT2D eigenvalue weighted by molar-refractivity contribution is -0.894. The van der Waals surface area contributed by atoms with E-state index in [4.69, 9.17) is 0 Å². The normalized spacial score (nSPS) is 28.3. The van der Waals surface area contributed by atoms with E-state index in [1.807, 2.05) is 0 Å². The summed E-state index contributed by atoms with van der Waals surface area (Å²) in [5, 5.41) is -0.0823. The highest BCUT2D eigenvalue weighted by Gasteiger charge is 2.26. The summed E-state index contributed by atoms with van der Waals surface area (Å²) in [7, 11) is 4.29. The van der Waals surface area contributed by atoms with Gasteiger partial charge in [-0.2, -0.15) is 0 Å². The molecule has 3 nitrogen and oxygen atoms in total. The smallest absolute Gasteiger partial charge is 0.0793 e. The average Bonchev–Trinajstić information content (AvgIpc) is 1.86. The highest BCUT2D eigenvalue weighted by molar-refractivity contribution is 7.79. The van der Waals surface area contributed by atoms with Crippen LogP contribution < -0.4 is 0 Å². The van der Waals surface area contributed by atoms with E-state index < -0.39 is 11.1 Å². The van der Waals surface area contributed by atoms with Gasteiger partial charge in [-0.15, -0.1) is 0 Å². The van der Waals surface area contributed by atoms with E-state index in [1.165, 1.54) is 0 Å². The molecule has 1 heterocycles. The summed E-state index contributed by atoms with van der Waals surface area (Å²) >= 11 is -1.85. The molecule has 1 rings (SSSR count). The molecular formula is C7H15NO2S. The van der Waals surface area contributed by atoms with Crippen molar-refractivity contribution in [2.24, 2.45) is 0 Å². The van der Waals surface area contributed by atoms with Crippen molar-refractivity contribution in [3.05, 3.63) is 0 Å². The Morgan fingerprint density at radius 1 is 1.36 bits per heavy atom. The Bertz CT molecular complexity index is 160. The summed E-state index contributed by atoms with van der Waals surface area (Å²) in [5.41, 5.74) is 0. The quantitative estimate of drug-likeness (QED) is 0.421. The maximum absolute atomic E-state index is 10.6. The Labute approximate surface area is 70.3 Å². The summed E-state index contributed by atoms with van der Waals surface area (Å²) in [6.07, 6.45) is 1.65. The van der Waals surface area contributed by atoms with Gasteiger partial charge in [-0.1, -0.05) is 11.1 Å². The molecule has 0 bridgehead atoms. The second-order valence-corrected chi connectivity index (χ2v) is 5.03. The fourth-order valence-corrected chi connectivity index (χ4v) is 2.03. The summed E-state index contributed by atoms with van der Waals surface area (Å²) in [6, 6.07) is 0. The van der Waals surface area contributed by atoms with Crippen molar-refractivity contribution in [2.45, 2.75) is 18.1 Å². The highest BCUT2D eigenvalue weighted by Crippen LogP contribution is 2.17. The van der Waals surface area contributed by atoms with Crippen LogP contribution in [0, 0.1) is 0 Å². The predicted octanol–water partition coefficient (Wildman–Crippen LogP) is 0.104. The maximum Gasteiger partial charge on any atom is 0.0793 e. The van der Waals surface area contributed by atoms with E-state index in [-0.39, 0.29) is 5.25 Å². The van der Waals surface area contributed by atoms with Gasteiger partial charge in [0, 0.05) is 18.1 Å². The molecule has 0 radical (unpaired) electrons. The molecule has 0 aliphatic carbocycles. The van der Waals surface area contributed by atoms with E-state index in [0.29, 0.717) is 0 Å². The van der Waals surface area contributed by atoms with Crippen LogP contribution in [0.3, 0.4) is 0 Å². The first kappa shape index (κ1) is 9.16. The number of hydrogen-bond acceptors (Lipinski definition) is 2. The van der Waals surface area contributed by atoms with Crippen LogP contribution >= 0.6 is 0 Å². The van der Waals surface area contributed by atoms with E-state index in [1.54, 1.807) is 0 Å². The zero-order chi connectivity index (χ0) is 8.48. The molecule has 0 amide bonds. The van der Waals surface area contributed by atoms with Crippen LogP contribution in [0.5, 0.6) is 0 Å². The van der Waals surface area contributed by atoms with Crippen LogP contribution in [-0.2, 0) is 11.1 Å². The minimum atomic E-state index is -1.85. The first-order chi connectivity index (χ1) is 5.01. The third-order valence-electron chi connectivity index (χ3n) is 2.38. The molecule has 1 atom stereocenters. The fraction of sp³-hybridized carbons (Fsp3) is 1.00. The van der Waals surface area contributed by atoms with E-state index in [0.717, 1.165) is 30.4 Å². The van der Waals surface area contributed by atoms with Crippen LogP contribution in [-0.4, -0.2) is 45.7 Å². The SMILES string of the molecule is C[N+]1(C)CCC(S(=O)[O-])CC1. The monoisotopic (exact) mass is 177 g/mol. The lowest BCUT2D eigenvalue weighted by Gasteiger charge is -2.37. The van der Waals surface area contributed by atoms with Crippen molar-refractivity contribution in [3.8, 4) is 0 Å². The minimum absolute atomic E-state index is 0.0823. The average molecular weight is 177 g/mol. The Hall–Kier alpha value is 0.0700. The van der Waals surface area contributed by atoms with Crippen molar-refractivity contribution in [1.29, 1.82) is 0 Å². The Kier molecular flexibility index (Phi) is 2.67. The number of piperidine rings is 1. The van der Waals surface area contributed by atoms with Gasteiger partial charge in [0.25, 0.3) is 0 Å². The largest absolute Gasteiger partial charge is 0.772 e. The van der Waals surface area contributed by atoms with Gasteiger partial charge in [0.05, 0.1) is 27.2 Å². The third-order valence-corrected chi connectivity index (χ3v) is 3.40. The molecule has 0 saturated carbocycles. The van der Waals surface area contributed by atoms with Crippen molar-refractivity contribution < 1.29 is 13.2 Å². The number of hydrogen-bond donors (Lipinski definition) is 0. The van der Waals surface area contributed by atoms with Crippen LogP contribution in [0.25, 0.3) is 0 Å². The van der Waals surface area contributed by atoms with Gasteiger partial charge in [0.2, 0.25) is 0 Å². The zero-order valence-electron chi connectivity index (χ0n) is 7.08. The number of likely N-dealkylation sites (tertiary alicyclic amines) is 1. The Balaban J connectivity index is 2.42. The van der Waals surface area contributed by atoms with Crippen molar-refractivity contribution in [2.75, 3.05) is 27.2 Å². The zero-order valence-corrected chi connectivity index (χ0v) is 7.89. The first-order valence-electron chi connectivity index (χ1n) is 3.91. The lowest BCUT2D eigenvalue weighted by Crippen LogP contribution is -2.48. The van der Waals surface area contributed by atoms with Crippen molar-refractivity contribution in [1.82, 2.24) is 0 Å². The first-order valence-corrected chi connectivity index (χ1v) is 5.05. The maximum atomic E-state index is 10.6. The molecule has 1 fully saturated rings. The van der Waals surface area contributed by atoms with Crippen LogP contribution in [0.1, 0.15) is 12.8 Å². The van der Waals surface area contributed by atoms with Gasteiger partial charge in [-0.25, -0.2) is 0 Å². The molecule has 1 unspecified atom stereocenters. The minimum Gasteiger partial charge on any atom is -0.772 e. The molecule has 1 aliphatic heterocycles. The topological polar surface area (TPSA) is 40.1 Å². The van der Waals surface area contributed by atoms with Gasteiger partial charge in [0.1, 0.15) is 0 Å². The van der Waals surface area contributed by atoms with Gasteiger partial charge in [0.15, 0.2) is 0 Å². The van der Waals surface area contributed by atoms with Gasteiger partial charge < -0.3 is 9.04 Å². The lowest BCUT2D eigenvalue weighted by atomic mass is 10.1. The summed E-state index contributed by atoms with van der Waals surface area (Å²) in [5.74, 6) is 0. The van der Waals surface area contributed by atoms with E-state index in [9.17, 15) is 8.76 Å². The van der Waals surface area contributed by atoms with Crippen molar-refractivity contribution in [3.63, 3.8) is 0 Å². The Morgan fingerprint density at radius 2 is 1.82 bits per heavy atom. The molecule has 0 aromatic carbocycles. The van der Waals surface area contributed by atoms with Crippen LogP contribution in [0.2, 0.25) is 0 Å². The molecule has 1 aliphatic rings. The molecule has 66 valence electrons. The third kappa shape index (κ3) is 2.54. The van der Waals surface area contributed by atoms with Crippen molar-refractivity contribution >= 4 is 11.1 Å². The summed E-state index contributed by atoms with van der Waals surface area (Å²) < 4.78 is 22.1. The second-order valence-electron chi connectivity index (χ2n) is 3.84. The molecular weight excluding hydrogens is 162 g/mol. The molecule has 1 saturated heterocycles. The summed E-state index contributed by atoms with van der Waals surface area (Å²) in [6.45, 7) is 1.97. The highest BCUT2D eigenvalue weighted by atomic mass is 32.2. The molecule has 0 aromatic rings. The molecule has 11 heavy (non-hydrogen) atoms. The van der Waals surface area contributed by atoms with Crippen LogP contribution in [0.4, 0.5) is 0 Å².